The molecule has 30 heavy (non-hydrogen) atoms. The van der Waals surface area contributed by atoms with Crippen LogP contribution in [0.25, 0.3) is 22.4 Å². The van der Waals surface area contributed by atoms with Crippen molar-refractivity contribution in [2.45, 2.75) is 51.7 Å². The highest BCUT2D eigenvalue weighted by Crippen LogP contribution is 2.33. The van der Waals surface area contributed by atoms with Gasteiger partial charge in [0, 0.05) is 12.0 Å². The average molecular weight is 410 g/mol. The van der Waals surface area contributed by atoms with Gasteiger partial charge in [0.1, 0.15) is 17.9 Å². The molecule has 1 unspecified atom stereocenters. The van der Waals surface area contributed by atoms with Gasteiger partial charge in [0.2, 0.25) is 0 Å². The minimum atomic E-state index is -0.856. The van der Waals surface area contributed by atoms with E-state index < -0.39 is 11.5 Å². The van der Waals surface area contributed by atoms with E-state index in [0.29, 0.717) is 35.4 Å². The molecule has 0 saturated carbocycles. The SMILES string of the molecule is CC(C)(C)c1cn(-c2ncn3c2c(=O)n(C2(C)CCCO2)c2cc(F)ccc23)nn1. The molecule has 8 nitrogen and oxygen atoms in total. The number of aromatic nitrogens is 6. The molecular weight excluding hydrogens is 387 g/mol. The zero-order chi connectivity index (χ0) is 21.3. The molecule has 3 aromatic heterocycles. The molecule has 1 aliphatic heterocycles. The quantitative estimate of drug-likeness (QED) is 0.507. The fourth-order valence-corrected chi connectivity index (χ4v) is 4.10. The van der Waals surface area contributed by atoms with E-state index in [2.05, 4.69) is 15.3 Å². The lowest BCUT2D eigenvalue weighted by Gasteiger charge is -2.28. The molecule has 0 amide bonds. The Bertz CT molecular complexity index is 1340. The number of ether oxygens (including phenoxy) is 1. The molecule has 1 aliphatic rings. The normalized spacial score (nSPS) is 19.9. The van der Waals surface area contributed by atoms with Crippen molar-refractivity contribution >= 4 is 16.6 Å². The number of benzene rings is 1. The van der Waals surface area contributed by atoms with Gasteiger partial charge in [0.05, 0.1) is 22.9 Å². The Morgan fingerprint density at radius 3 is 2.70 bits per heavy atom. The molecule has 1 saturated heterocycles. The fourth-order valence-electron chi connectivity index (χ4n) is 4.10. The summed E-state index contributed by atoms with van der Waals surface area (Å²) in [5, 5.41) is 8.45. The van der Waals surface area contributed by atoms with Gasteiger partial charge in [-0.25, -0.2) is 9.37 Å². The Morgan fingerprint density at radius 2 is 2.03 bits per heavy atom. The van der Waals surface area contributed by atoms with Crippen LogP contribution in [0.3, 0.4) is 0 Å². The lowest BCUT2D eigenvalue weighted by molar-refractivity contribution is -0.0448. The molecule has 0 spiro atoms. The molecule has 5 rings (SSSR count). The second-order valence-electron chi connectivity index (χ2n) is 8.99. The highest BCUT2D eigenvalue weighted by Gasteiger charge is 2.35. The van der Waals surface area contributed by atoms with E-state index in [0.717, 1.165) is 12.1 Å². The zero-order valence-corrected chi connectivity index (χ0v) is 17.4. The number of fused-ring (bicyclic) bond motifs is 3. The van der Waals surface area contributed by atoms with Crippen LogP contribution in [0, 0.1) is 5.82 Å². The van der Waals surface area contributed by atoms with Crippen molar-refractivity contribution in [3.8, 4) is 5.82 Å². The lowest BCUT2D eigenvalue weighted by atomic mass is 9.93. The third kappa shape index (κ3) is 2.68. The first kappa shape index (κ1) is 18.9. The monoisotopic (exact) mass is 410 g/mol. The number of hydrogen-bond acceptors (Lipinski definition) is 5. The van der Waals surface area contributed by atoms with E-state index in [9.17, 15) is 9.18 Å². The summed E-state index contributed by atoms with van der Waals surface area (Å²) in [4.78, 5) is 18.2. The van der Waals surface area contributed by atoms with E-state index in [-0.39, 0.29) is 11.0 Å². The molecule has 1 aromatic carbocycles. The van der Waals surface area contributed by atoms with Crippen LogP contribution in [0.5, 0.6) is 0 Å². The van der Waals surface area contributed by atoms with E-state index in [1.807, 2.05) is 27.7 Å². The summed E-state index contributed by atoms with van der Waals surface area (Å²) >= 11 is 0. The standard InChI is InChI=1S/C21H23FN6O2/c1-20(2,3)16-11-27(25-24-16)18-17-19(29)28(21(4)8-5-9-30-21)15-10-13(22)6-7-14(15)26(17)12-23-18/h6-7,10-12H,5,8-9H2,1-4H3. The summed E-state index contributed by atoms with van der Waals surface area (Å²) in [6.07, 6.45) is 4.84. The smallest absolute Gasteiger partial charge is 0.281 e. The van der Waals surface area contributed by atoms with E-state index in [1.54, 1.807) is 27.6 Å². The van der Waals surface area contributed by atoms with Gasteiger partial charge in [-0.1, -0.05) is 26.0 Å². The van der Waals surface area contributed by atoms with Gasteiger partial charge in [-0.2, -0.15) is 4.68 Å². The predicted octanol–water partition coefficient (Wildman–Crippen LogP) is 3.15. The summed E-state index contributed by atoms with van der Waals surface area (Å²) in [6.45, 7) is 8.54. The first-order chi connectivity index (χ1) is 14.2. The van der Waals surface area contributed by atoms with Crippen molar-refractivity contribution in [3.05, 3.63) is 52.6 Å². The van der Waals surface area contributed by atoms with Gasteiger partial charge in [-0.15, -0.1) is 5.10 Å². The van der Waals surface area contributed by atoms with Crippen LogP contribution in [-0.4, -0.2) is 35.6 Å². The van der Waals surface area contributed by atoms with Crippen LogP contribution >= 0.6 is 0 Å². The van der Waals surface area contributed by atoms with Crippen LogP contribution in [0.1, 0.15) is 46.2 Å². The third-order valence-corrected chi connectivity index (χ3v) is 5.74. The van der Waals surface area contributed by atoms with Crippen molar-refractivity contribution in [1.29, 1.82) is 0 Å². The Hall–Kier alpha value is -3.07. The highest BCUT2D eigenvalue weighted by atomic mass is 19.1. The molecule has 1 fully saturated rings. The van der Waals surface area contributed by atoms with Crippen molar-refractivity contribution in [2.24, 2.45) is 0 Å². The second kappa shape index (κ2) is 6.21. The van der Waals surface area contributed by atoms with Crippen molar-refractivity contribution in [1.82, 2.24) is 28.9 Å². The first-order valence-corrected chi connectivity index (χ1v) is 9.98. The lowest BCUT2D eigenvalue weighted by Crippen LogP contribution is -2.39. The minimum absolute atomic E-state index is 0.191. The Balaban J connectivity index is 1.86. The van der Waals surface area contributed by atoms with E-state index in [1.165, 1.54) is 16.8 Å². The summed E-state index contributed by atoms with van der Waals surface area (Å²) in [5.41, 5.74) is 0.911. The number of rotatable bonds is 2. The van der Waals surface area contributed by atoms with Crippen LogP contribution in [0.15, 0.2) is 35.5 Å². The van der Waals surface area contributed by atoms with Crippen molar-refractivity contribution in [2.75, 3.05) is 6.61 Å². The molecule has 4 heterocycles. The van der Waals surface area contributed by atoms with Crippen LogP contribution < -0.4 is 5.56 Å². The second-order valence-corrected chi connectivity index (χ2v) is 8.99. The van der Waals surface area contributed by atoms with Gasteiger partial charge in [0.15, 0.2) is 11.3 Å². The van der Waals surface area contributed by atoms with Crippen LogP contribution in [0.2, 0.25) is 0 Å². The molecule has 1 atom stereocenters. The highest BCUT2D eigenvalue weighted by molar-refractivity contribution is 5.81. The largest absolute Gasteiger partial charge is 0.355 e. The van der Waals surface area contributed by atoms with Gasteiger partial charge < -0.3 is 4.74 Å². The Labute approximate surface area is 171 Å². The number of halogens is 1. The minimum Gasteiger partial charge on any atom is -0.355 e. The average Bonchev–Trinajstić information content (AvgIpc) is 3.40. The Kier molecular flexibility index (Phi) is 3.92. The predicted molar refractivity (Wildman–Crippen MR) is 109 cm³/mol. The van der Waals surface area contributed by atoms with Gasteiger partial charge >= 0.3 is 0 Å². The summed E-state index contributed by atoms with van der Waals surface area (Å²) < 4.78 is 24.9. The summed E-state index contributed by atoms with van der Waals surface area (Å²) in [5.74, 6) is -0.0346. The maximum atomic E-state index is 14.1. The maximum Gasteiger partial charge on any atom is 0.281 e. The number of nitrogens with zero attached hydrogens (tertiary/aromatic N) is 6. The fraction of sp³-hybridized carbons (Fsp3) is 0.429. The molecule has 0 bridgehead atoms. The van der Waals surface area contributed by atoms with E-state index in [4.69, 9.17) is 4.74 Å². The third-order valence-electron chi connectivity index (χ3n) is 5.74. The Morgan fingerprint density at radius 1 is 1.23 bits per heavy atom. The molecule has 0 aliphatic carbocycles. The zero-order valence-electron chi connectivity index (χ0n) is 17.4. The summed E-state index contributed by atoms with van der Waals surface area (Å²) in [6, 6.07) is 4.40. The van der Waals surface area contributed by atoms with E-state index >= 15 is 0 Å². The molecule has 0 radical (unpaired) electrons. The van der Waals surface area contributed by atoms with Gasteiger partial charge in [-0.3, -0.25) is 13.8 Å². The van der Waals surface area contributed by atoms with Crippen molar-refractivity contribution < 1.29 is 9.13 Å². The summed E-state index contributed by atoms with van der Waals surface area (Å²) in [7, 11) is 0. The molecule has 0 N–H and O–H groups in total. The van der Waals surface area contributed by atoms with Gasteiger partial charge in [0.25, 0.3) is 5.56 Å². The number of imidazole rings is 1. The number of hydrogen-bond donors (Lipinski definition) is 0. The van der Waals surface area contributed by atoms with Crippen molar-refractivity contribution in [3.63, 3.8) is 0 Å². The molecular formula is C21H23FN6O2. The molecule has 4 aromatic rings. The maximum absolute atomic E-state index is 14.1. The first-order valence-electron chi connectivity index (χ1n) is 9.98. The van der Waals surface area contributed by atoms with Gasteiger partial charge in [-0.05, 0) is 38.0 Å². The van der Waals surface area contributed by atoms with Crippen LogP contribution in [0.4, 0.5) is 4.39 Å². The molecule has 9 heteroatoms. The van der Waals surface area contributed by atoms with Crippen LogP contribution in [-0.2, 0) is 15.9 Å². The molecule has 156 valence electrons. The topological polar surface area (TPSA) is 79.2 Å².